The molecule has 7 aromatic rings. The second-order valence-corrected chi connectivity index (χ2v) is 8.68. The molecule has 2 aromatic heterocycles. The Labute approximate surface area is 191 Å². The van der Waals surface area contributed by atoms with Gasteiger partial charge >= 0.3 is 0 Å². The summed E-state index contributed by atoms with van der Waals surface area (Å²) < 4.78 is 8.99. The van der Waals surface area contributed by atoms with Gasteiger partial charge in [-0.1, -0.05) is 78.9 Å². The Kier molecular flexibility index (Phi) is 3.80. The van der Waals surface area contributed by atoms with Crippen LogP contribution in [0.15, 0.2) is 114 Å². The number of aryl methyl sites for hydroxylation is 1. The third-order valence-corrected chi connectivity index (χ3v) is 6.63. The molecule has 0 radical (unpaired) electrons. The number of fused-ring (bicyclic) bond motifs is 7. The molecule has 0 fully saturated rings. The molecule has 156 valence electrons. The lowest BCUT2D eigenvalue weighted by molar-refractivity contribution is 0.671. The monoisotopic (exact) mass is 423 g/mol. The molecular weight excluding hydrogens is 402 g/mol. The smallest absolute Gasteiger partial charge is 0.160 e. The molecule has 0 bridgehead atoms. The number of hydrogen-bond donors (Lipinski definition) is 0. The molecule has 0 saturated heterocycles. The van der Waals surface area contributed by atoms with Crippen molar-refractivity contribution in [3.8, 4) is 16.8 Å². The van der Waals surface area contributed by atoms with Crippen LogP contribution < -0.4 is 0 Å². The van der Waals surface area contributed by atoms with Crippen molar-refractivity contribution < 1.29 is 4.42 Å². The van der Waals surface area contributed by atoms with Gasteiger partial charge in [0, 0.05) is 27.2 Å². The minimum absolute atomic E-state index is 0.915. The Bertz CT molecular complexity index is 1820. The van der Waals surface area contributed by atoms with E-state index in [9.17, 15) is 0 Å². The molecule has 2 heteroatoms. The molecule has 0 atom stereocenters. The number of nitrogens with zero attached hydrogens (tertiary/aromatic N) is 1. The molecule has 0 unspecified atom stereocenters. The lowest BCUT2D eigenvalue weighted by Gasteiger charge is -2.10. The second-order valence-electron chi connectivity index (χ2n) is 8.68. The Morgan fingerprint density at radius 1 is 0.636 bits per heavy atom. The fourth-order valence-corrected chi connectivity index (χ4v) is 5.21. The average Bonchev–Trinajstić information content (AvgIpc) is 3.40. The van der Waals surface area contributed by atoms with Crippen LogP contribution in [0, 0.1) is 6.92 Å². The highest BCUT2D eigenvalue weighted by Gasteiger charge is 2.22. The maximum absolute atomic E-state index is 6.63. The highest BCUT2D eigenvalue weighted by molar-refractivity contribution is 6.25. The first-order valence-corrected chi connectivity index (χ1v) is 11.3. The summed E-state index contributed by atoms with van der Waals surface area (Å²) in [5, 5.41) is 4.75. The molecule has 0 aliphatic carbocycles. The number of rotatable bonds is 2. The highest BCUT2D eigenvalue weighted by atomic mass is 16.3. The van der Waals surface area contributed by atoms with Crippen molar-refractivity contribution in [2.75, 3.05) is 0 Å². The van der Waals surface area contributed by atoms with Gasteiger partial charge in [-0.3, -0.25) is 0 Å². The van der Waals surface area contributed by atoms with Gasteiger partial charge < -0.3 is 8.98 Å². The van der Waals surface area contributed by atoms with E-state index in [4.69, 9.17) is 4.42 Å². The number of furan rings is 1. The minimum Gasteiger partial charge on any atom is -0.454 e. The van der Waals surface area contributed by atoms with Gasteiger partial charge in [0.2, 0.25) is 0 Å². The molecule has 0 aliphatic rings. The molecule has 2 heterocycles. The first-order valence-electron chi connectivity index (χ1n) is 11.3. The van der Waals surface area contributed by atoms with E-state index >= 15 is 0 Å². The SMILES string of the molecule is Cc1cccc(-n2c3ccccc3c3cc(-c4ccccc4)c4c5ccccc5oc4c32)c1. The Balaban J connectivity index is 1.77. The van der Waals surface area contributed by atoms with Crippen LogP contribution in [0.2, 0.25) is 0 Å². The zero-order chi connectivity index (χ0) is 21.9. The van der Waals surface area contributed by atoms with Gasteiger partial charge in [0.05, 0.1) is 11.0 Å². The quantitative estimate of drug-likeness (QED) is 0.272. The summed E-state index contributed by atoms with van der Waals surface area (Å²) >= 11 is 0. The van der Waals surface area contributed by atoms with Crippen LogP contribution in [-0.4, -0.2) is 4.57 Å². The zero-order valence-electron chi connectivity index (χ0n) is 18.2. The lowest BCUT2D eigenvalue weighted by atomic mass is 9.97. The summed E-state index contributed by atoms with van der Waals surface area (Å²) in [6.07, 6.45) is 0. The molecule has 0 N–H and O–H groups in total. The van der Waals surface area contributed by atoms with Crippen molar-refractivity contribution in [1.82, 2.24) is 4.57 Å². The van der Waals surface area contributed by atoms with Crippen LogP contribution in [0.4, 0.5) is 0 Å². The van der Waals surface area contributed by atoms with Crippen molar-refractivity contribution >= 4 is 43.7 Å². The van der Waals surface area contributed by atoms with Gasteiger partial charge in [-0.15, -0.1) is 0 Å². The Morgan fingerprint density at radius 3 is 2.24 bits per heavy atom. The summed E-state index contributed by atoms with van der Waals surface area (Å²) in [5.74, 6) is 0. The van der Waals surface area contributed by atoms with E-state index in [-0.39, 0.29) is 0 Å². The Hall–Kier alpha value is -4.30. The van der Waals surface area contributed by atoms with Gasteiger partial charge in [0.1, 0.15) is 5.58 Å². The highest BCUT2D eigenvalue weighted by Crippen LogP contribution is 2.44. The molecule has 0 aliphatic heterocycles. The van der Waals surface area contributed by atoms with E-state index in [1.165, 1.54) is 38.4 Å². The molecule has 0 amide bonds. The first kappa shape index (κ1) is 18.3. The predicted octanol–water partition coefficient (Wildman–Crippen LogP) is 8.66. The third-order valence-electron chi connectivity index (χ3n) is 6.63. The maximum Gasteiger partial charge on any atom is 0.160 e. The van der Waals surface area contributed by atoms with Gasteiger partial charge in [-0.05, 0) is 53.9 Å². The van der Waals surface area contributed by atoms with Crippen LogP contribution in [0.25, 0.3) is 60.6 Å². The van der Waals surface area contributed by atoms with E-state index in [1.807, 2.05) is 6.07 Å². The minimum atomic E-state index is 0.915. The fourth-order valence-electron chi connectivity index (χ4n) is 5.21. The largest absolute Gasteiger partial charge is 0.454 e. The molecule has 0 spiro atoms. The summed E-state index contributed by atoms with van der Waals surface area (Å²) in [4.78, 5) is 0. The summed E-state index contributed by atoms with van der Waals surface area (Å²) in [7, 11) is 0. The predicted molar refractivity (Wildman–Crippen MR) is 138 cm³/mol. The topological polar surface area (TPSA) is 18.1 Å². The van der Waals surface area contributed by atoms with Gasteiger partial charge in [0.25, 0.3) is 0 Å². The van der Waals surface area contributed by atoms with Crippen LogP contribution in [0.5, 0.6) is 0 Å². The van der Waals surface area contributed by atoms with E-state index in [1.54, 1.807) is 0 Å². The van der Waals surface area contributed by atoms with Crippen molar-refractivity contribution in [3.05, 3.63) is 115 Å². The summed E-state index contributed by atoms with van der Waals surface area (Å²) in [5.41, 5.74) is 8.94. The number of aromatic nitrogens is 1. The lowest BCUT2D eigenvalue weighted by Crippen LogP contribution is -1.94. The van der Waals surface area contributed by atoms with Crippen molar-refractivity contribution in [2.24, 2.45) is 0 Å². The maximum atomic E-state index is 6.63. The molecule has 2 nitrogen and oxygen atoms in total. The van der Waals surface area contributed by atoms with Crippen molar-refractivity contribution in [2.45, 2.75) is 6.92 Å². The molecule has 0 saturated carbocycles. The van der Waals surface area contributed by atoms with Crippen LogP contribution >= 0.6 is 0 Å². The molecule has 5 aromatic carbocycles. The number of hydrogen-bond acceptors (Lipinski definition) is 1. The first-order chi connectivity index (χ1) is 16.3. The fraction of sp³-hybridized carbons (Fsp3) is 0.0323. The van der Waals surface area contributed by atoms with Crippen LogP contribution in [-0.2, 0) is 0 Å². The zero-order valence-corrected chi connectivity index (χ0v) is 18.2. The average molecular weight is 424 g/mol. The van der Waals surface area contributed by atoms with E-state index in [2.05, 4.69) is 115 Å². The van der Waals surface area contributed by atoms with Crippen molar-refractivity contribution in [1.29, 1.82) is 0 Å². The van der Waals surface area contributed by atoms with E-state index in [0.29, 0.717) is 0 Å². The number of para-hydroxylation sites is 2. The Morgan fingerprint density at radius 2 is 1.39 bits per heavy atom. The second kappa shape index (κ2) is 6.85. The van der Waals surface area contributed by atoms with E-state index < -0.39 is 0 Å². The van der Waals surface area contributed by atoms with Gasteiger partial charge in [-0.25, -0.2) is 0 Å². The molecular formula is C31H21NO. The number of benzene rings is 5. The van der Waals surface area contributed by atoms with Gasteiger partial charge in [-0.2, -0.15) is 0 Å². The molecule has 7 rings (SSSR count). The van der Waals surface area contributed by atoms with Crippen LogP contribution in [0.3, 0.4) is 0 Å². The standard InChI is InChI=1S/C31H21NO/c1-20-10-9-13-22(18-20)32-27-16-7-5-14-23(27)26-19-25(21-11-3-2-4-12-21)29-24-15-6-8-17-28(24)33-31(29)30(26)32/h2-19H,1H3. The van der Waals surface area contributed by atoms with Gasteiger partial charge in [0.15, 0.2) is 5.58 Å². The van der Waals surface area contributed by atoms with Crippen molar-refractivity contribution in [3.63, 3.8) is 0 Å². The van der Waals surface area contributed by atoms with Crippen LogP contribution in [0.1, 0.15) is 5.56 Å². The third kappa shape index (κ3) is 2.61. The normalized spacial score (nSPS) is 11.8. The summed E-state index contributed by atoms with van der Waals surface area (Å²) in [6, 6.07) is 38.7. The molecule has 33 heavy (non-hydrogen) atoms. The summed E-state index contributed by atoms with van der Waals surface area (Å²) in [6.45, 7) is 2.14. The van der Waals surface area contributed by atoms with E-state index in [0.717, 1.165) is 27.8 Å².